The van der Waals surface area contributed by atoms with Gasteiger partial charge in [-0.3, -0.25) is 28.8 Å². The number of hydrogen-bond acceptors (Lipinski definition) is 6. The molecule has 0 aromatic heterocycles. The summed E-state index contributed by atoms with van der Waals surface area (Å²) >= 11 is 0. The third-order valence-electron chi connectivity index (χ3n) is 10.5. The predicted molar refractivity (Wildman–Crippen MR) is 258 cm³/mol. The summed E-state index contributed by atoms with van der Waals surface area (Å²) in [7, 11) is 0. The van der Waals surface area contributed by atoms with Gasteiger partial charge in [0, 0.05) is 72.6 Å². The average molecular weight is 877 g/mol. The van der Waals surface area contributed by atoms with Gasteiger partial charge in [-0.15, -0.1) is 0 Å². The van der Waals surface area contributed by atoms with Gasteiger partial charge in [0.1, 0.15) is 0 Å². The summed E-state index contributed by atoms with van der Waals surface area (Å²) in [6.07, 6.45) is 23.2. The zero-order valence-corrected chi connectivity index (χ0v) is 40.0. The van der Waals surface area contributed by atoms with Crippen molar-refractivity contribution in [2.24, 2.45) is 0 Å². The van der Waals surface area contributed by atoms with Gasteiger partial charge >= 0.3 is 0 Å². The molecule has 12 heteroatoms. The summed E-state index contributed by atoms with van der Waals surface area (Å²) in [6, 6.07) is 9.39. The number of carbonyl (C=O) groups excluding carboxylic acids is 6. The van der Waals surface area contributed by atoms with E-state index in [0.29, 0.717) is 72.6 Å². The van der Waals surface area contributed by atoms with E-state index >= 15 is 0 Å². The lowest BCUT2D eigenvalue weighted by Crippen LogP contribution is -2.29. The molecule has 0 bridgehead atoms. The molecule has 2 aromatic rings. The first-order valence-electron chi connectivity index (χ1n) is 24.6. The number of amides is 6. The van der Waals surface area contributed by atoms with Crippen molar-refractivity contribution < 1.29 is 28.8 Å². The van der Waals surface area contributed by atoms with Crippen LogP contribution in [-0.4, -0.2) is 74.7 Å². The molecule has 0 unspecified atom stereocenters. The molecule has 6 amide bonds. The lowest BCUT2D eigenvalue weighted by atomic mass is 10.0. The summed E-state index contributed by atoms with van der Waals surface area (Å²) in [6.45, 7) is 15.9. The number of rotatable bonds is 33. The van der Waals surface area contributed by atoms with Crippen molar-refractivity contribution >= 4 is 35.4 Å². The average Bonchev–Trinajstić information content (AvgIpc) is 3.30. The standard InChI is InChI=1S/C33H57N3O3.C18H27N3O3/c1-4-7-10-13-16-19-22-34-31(37)28-25-29(32(38)35-23-20-17-14-11-8-5-2)27-30(26-28)33(39)36-24-21-18-15-12-9-6-3;1-4-7-19-16(22)13-10-14(17(23)20-8-5-2)12-15(11-13)18(24)21-9-6-3/h25-27H,4-24H2,1-3H3,(H,34,37)(H,35,38)(H,36,39);10-12H,4-9H2,1-3H3,(H,19,22)(H,20,23)(H,21,24). The summed E-state index contributed by atoms with van der Waals surface area (Å²) < 4.78 is 0. The molecule has 0 fully saturated rings. The minimum Gasteiger partial charge on any atom is -0.352 e. The van der Waals surface area contributed by atoms with Crippen molar-refractivity contribution in [3.8, 4) is 0 Å². The molecule has 2 aromatic carbocycles. The monoisotopic (exact) mass is 877 g/mol. The number of carbonyl (C=O) groups is 6. The molecular formula is C51H84N6O6. The maximum Gasteiger partial charge on any atom is 0.251 e. The zero-order valence-electron chi connectivity index (χ0n) is 40.0. The van der Waals surface area contributed by atoms with E-state index in [2.05, 4.69) is 52.7 Å². The van der Waals surface area contributed by atoms with Crippen molar-refractivity contribution in [1.29, 1.82) is 0 Å². The van der Waals surface area contributed by atoms with Crippen molar-refractivity contribution in [3.05, 3.63) is 69.8 Å². The van der Waals surface area contributed by atoms with Crippen molar-refractivity contribution in [3.63, 3.8) is 0 Å². The first-order chi connectivity index (χ1) is 30.6. The minimum atomic E-state index is -0.286. The number of unbranched alkanes of at least 4 members (excludes halogenated alkanes) is 15. The van der Waals surface area contributed by atoms with E-state index in [-0.39, 0.29) is 35.4 Å². The van der Waals surface area contributed by atoms with Crippen LogP contribution in [0, 0.1) is 0 Å². The largest absolute Gasteiger partial charge is 0.352 e. The summed E-state index contributed by atoms with van der Waals surface area (Å²) in [5, 5.41) is 17.2. The van der Waals surface area contributed by atoms with Gasteiger partial charge in [-0.1, -0.05) is 138 Å². The zero-order chi connectivity index (χ0) is 46.5. The number of benzene rings is 2. The quantitative estimate of drug-likeness (QED) is 0.0389. The summed E-state index contributed by atoms with van der Waals surface area (Å²) in [4.78, 5) is 75.4. The Balaban J connectivity index is 0.000000706. The van der Waals surface area contributed by atoms with Crippen LogP contribution in [0.2, 0.25) is 0 Å². The molecule has 6 N–H and O–H groups in total. The number of nitrogens with one attached hydrogen (secondary N) is 6. The Morgan fingerprint density at radius 2 is 0.429 bits per heavy atom. The Hall–Kier alpha value is -4.74. The first kappa shape index (κ1) is 56.3. The topological polar surface area (TPSA) is 175 Å². The van der Waals surface area contributed by atoms with Gasteiger partial charge in [0.2, 0.25) is 0 Å². The molecule has 12 nitrogen and oxygen atoms in total. The Kier molecular flexibility index (Phi) is 32.8. The molecular weight excluding hydrogens is 793 g/mol. The maximum atomic E-state index is 12.9. The van der Waals surface area contributed by atoms with Gasteiger partial charge in [0.25, 0.3) is 35.4 Å². The molecule has 0 saturated carbocycles. The highest BCUT2D eigenvalue weighted by Gasteiger charge is 2.18. The Labute approximate surface area is 380 Å². The maximum absolute atomic E-state index is 12.9. The fourth-order valence-electron chi connectivity index (χ4n) is 6.69. The normalized spacial score (nSPS) is 10.6. The van der Waals surface area contributed by atoms with Gasteiger partial charge in [0.05, 0.1) is 0 Å². The second kappa shape index (κ2) is 36.7. The molecule has 0 radical (unpaired) electrons. The predicted octanol–water partition coefficient (Wildman–Crippen LogP) is 10.1. The molecule has 0 saturated heterocycles. The minimum absolute atomic E-state index is 0.237. The third kappa shape index (κ3) is 25.8. The molecule has 0 aliphatic rings. The van der Waals surface area contributed by atoms with E-state index in [0.717, 1.165) is 57.8 Å². The highest BCUT2D eigenvalue weighted by atomic mass is 16.2. The van der Waals surface area contributed by atoms with Crippen molar-refractivity contribution in [1.82, 2.24) is 31.9 Å². The van der Waals surface area contributed by atoms with Gasteiger partial charge in [0.15, 0.2) is 0 Å². The second-order valence-corrected chi connectivity index (χ2v) is 16.4. The molecule has 0 aliphatic heterocycles. The summed E-state index contributed by atoms with van der Waals surface area (Å²) in [5.74, 6) is -1.57. The lowest BCUT2D eigenvalue weighted by Gasteiger charge is -2.12. The van der Waals surface area contributed by atoms with Crippen LogP contribution < -0.4 is 31.9 Å². The van der Waals surface area contributed by atoms with Crippen LogP contribution in [0.1, 0.15) is 239 Å². The fraction of sp³-hybridized carbons (Fsp3) is 0.647. The molecule has 63 heavy (non-hydrogen) atoms. The van der Waals surface area contributed by atoms with E-state index in [1.807, 2.05) is 20.8 Å². The van der Waals surface area contributed by atoms with Crippen molar-refractivity contribution in [2.75, 3.05) is 39.3 Å². The van der Waals surface area contributed by atoms with Gasteiger partial charge in [-0.05, 0) is 74.9 Å². The summed E-state index contributed by atoms with van der Waals surface area (Å²) in [5.41, 5.74) is 2.02. The highest BCUT2D eigenvalue weighted by Crippen LogP contribution is 2.14. The van der Waals surface area contributed by atoms with Crippen molar-refractivity contribution in [2.45, 2.75) is 176 Å². The smallest absolute Gasteiger partial charge is 0.251 e. The molecule has 2 rings (SSSR count). The molecule has 0 spiro atoms. The molecule has 0 aliphatic carbocycles. The fourth-order valence-corrected chi connectivity index (χ4v) is 6.69. The van der Waals surface area contributed by atoms with Crippen LogP contribution in [0.4, 0.5) is 0 Å². The van der Waals surface area contributed by atoms with Gasteiger partial charge in [-0.2, -0.15) is 0 Å². The third-order valence-corrected chi connectivity index (χ3v) is 10.5. The molecule has 0 heterocycles. The Morgan fingerprint density at radius 1 is 0.254 bits per heavy atom. The van der Waals surface area contributed by atoms with Crippen LogP contribution in [0.5, 0.6) is 0 Å². The van der Waals surface area contributed by atoms with E-state index < -0.39 is 0 Å². The van der Waals surface area contributed by atoms with E-state index in [4.69, 9.17) is 0 Å². The van der Waals surface area contributed by atoms with Gasteiger partial charge < -0.3 is 31.9 Å². The second-order valence-electron chi connectivity index (χ2n) is 16.4. The first-order valence-corrected chi connectivity index (χ1v) is 24.6. The van der Waals surface area contributed by atoms with E-state index in [1.165, 1.54) is 95.2 Å². The van der Waals surface area contributed by atoms with Crippen LogP contribution in [0.15, 0.2) is 36.4 Å². The highest BCUT2D eigenvalue weighted by molar-refractivity contribution is 6.05. The Bertz CT molecular complexity index is 1420. The number of hydrogen-bond donors (Lipinski definition) is 6. The Morgan fingerprint density at radius 3 is 0.619 bits per heavy atom. The molecule has 354 valence electrons. The van der Waals surface area contributed by atoms with Crippen LogP contribution in [0.25, 0.3) is 0 Å². The SMILES string of the molecule is CCCCCCCCNC(=O)c1cc(C(=O)NCCCCCCCC)cc(C(=O)NCCCCCCCC)c1.CCCNC(=O)c1cc(C(=O)NCCC)cc(C(=O)NCCC)c1. The van der Waals surface area contributed by atoms with Crippen LogP contribution in [-0.2, 0) is 0 Å². The van der Waals surface area contributed by atoms with E-state index in [1.54, 1.807) is 18.2 Å². The lowest BCUT2D eigenvalue weighted by molar-refractivity contribution is 0.0930. The van der Waals surface area contributed by atoms with E-state index in [9.17, 15) is 28.8 Å². The van der Waals surface area contributed by atoms with Crippen LogP contribution in [0.3, 0.4) is 0 Å². The van der Waals surface area contributed by atoms with Gasteiger partial charge in [-0.25, -0.2) is 0 Å². The molecule has 0 atom stereocenters. The van der Waals surface area contributed by atoms with Crippen LogP contribution >= 0.6 is 0 Å².